The molecule has 0 spiro atoms. The summed E-state index contributed by atoms with van der Waals surface area (Å²) < 4.78 is 0. The van der Waals surface area contributed by atoms with Crippen LogP contribution >= 0.6 is 0 Å². The fourth-order valence-corrected chi connectivity index (χ4v) is 11.2. The van der Waals surface area contributed by atoms with E-state index in [1.165, 1.54) is 44.5 Å². The van der Waals surface area contributed by atoms with Gasteiger partial charge in [0.2, 0.25) is 5.91 Å². The predicted octanol–water partition coefficient (Wildman–Crippen LogP) is 13.8. The number of carbonyl (C=O) groups is 2. The fourth-order valence-electron chi connectivity index (χ4n) is 11.2. The molecule has 0 unspecified atom stereocenters. The summed E-state index contributed by atoms with van der Waals surface area (Å²) in [7, 11) is 0. The van der Waals surface area contributed by atoms with Gasteiger partial charge in [-0.3, -0.25) is 9.59 Å². The van der Waals surface area contributed by atoms with Gasteiger partial charge in [0.05, 0.1) is 0 Å². The first kappa shape index (κ1) is 38.0. The molecule has 304 valence electrons. The van der Waals surface area contributed by atoms with E-state index in [2.05, 4.69) is 167 Å². The maximum absolute atomic E-state index is 14.1. The molecule has 11 rings (SSSR count). The van der Waals surface area contributed by atoms with E-state index in [9.17, 15) is 9.59 Å². The number of nitrogens with zero attached hydrogens (tertiary/aromatic N) is 1. The second-order valence-corrected chi connectivity index (χ2v) is 18.5. The first-order valence-corrected chi connectivity index (χ1v) is 22.0. The first-order valence-electron chi connectivity index (χ1n) is 22.0. The Morgan fingerprint density at radius 1 is 0.516 bits per heavy atom. The first-order chi connectivity index (χ1) is 29.9. The highest BCUT2D eigenvalue weighted by atomic mass is 16.2. The number of hydrogen-bond donors (Lipinski definition) is 2. The molecule has 0 aromatic heterocycles. The van der Waals surface area contributed by atoms with Crippen molar-refractivity contribution in [1.82, 2.24) is 5.32 Å². The van der Waals surface area contributed by atoms with Gasteiger partial charge in [0.25, 0.3) is 5.91 Å². The quantitative estimate of drug-likeness (QED) is 0.119. The summed E-state index contributed by atoms with van der Waals surface area (Å²) in [6.07, 6.45) is 1.62. The Labute approximate surface area is 362 Å². The Morgan fingerprint density at radius 3 is 1.63 bits per heavy atom. The molecule has 5 nitrogen and oxygen atoms in total. The Hall–Kier alpha value is -6.98. The molecule has 0 bridgehead atoms. The Bertz CT molecular complexity index is 3260. The number of benzene rings is 9. The third-order valence-electron chi connectivity index (χ3n) is 14.4. The average Bonchev–Trinajstić information content (AvgIpc) is 3.65. The van der Waals surface area contributed by atoms with Crippen LogP contribution in [0.4, 0.5) is 17.1 Å². The zero-order valence-corrected chi connectivity index (χ0v) is 36.1. The molecule has 9 aromatic rings. The number of carbonyl (C=O) groups excluding carboxylic acids is 2. The predicted molar refractivity (Wildman–Crippen MR) is 258 cm³/mol. The Kier molecular flexibility index (Phi) is 8.28. The zero-order chi connectivity index (χ0) is 42.8. The summed E-state index contributed by atoms with van der Waals surface area (Å²) in [5, 5.41) is 11.0. The van der Waals surface area contributed by atoms with Gasteiger partial charge in [-0.05, 0) is 144 Å². The number of hydrogen-bond acceptors (Lipinski definition) is 3. The number of nitrogens with two attached hydrogens (primary N) is 1. The maximum Gasteiger partial charge on any atom is 0.252 e. The lowest BCUT2D eigenvalue weighted by molar-refractivity contribution is 0.0936. The standard InChI is InChI=1S/C57H49N3O2/c1-7-33(8-2)59-55(62)45-27-25-42-41-17-13-14-32-28-36(29-46(51(32)41)43-24-26-44(54(58)61)53(45)52(42)43)60(34-20-22-39-37-15-9-11-18-47(37)56(3,4)49(39)30-34)35-21-23-40-38-16-10-12-19-48(38)57(5,6)50(40)31-35/h9-31,33H,7-8H2,1-6H3,(H2,58,61)(H,59,62). The van der Waals surface area contributed by atoms with E-state index in [1.807, 2.05) is 24.3 Å². The smallest absolute Gasteiger partial charge is 0.252 e. The van der Waals surface area contributed by atoms with E-state index < -0.39 is 5.91 Å². The van der Waals surface area contributed by atoms with Gasteiger partial charge in [-0.1, -0.05) is 133 Å². The van der Waals surface area contributed by atoms with Crippen molar-refractivity contribution in [2.24, 2.45) is 5.73 Å². The molecule has 0 atom stereocenters. The maximum atomic E-state index is 14.1. The lowest BCUT2D eigenvalue weighted by atomic mass is 9.82. The van der Waals surface area contributed by atoms with Crippen molar-refractivity contribution in [3.05, 3.63) is 173 Å². The van der Waals surface area contributed by atoms with Crippen molar-refractivity contribution in [2.45, 2.75) is 71.3 Å². The van der Waals surface area contributed by atoms with Crippen LogP contribution < -0.4 is 16.0 Å². The monoisotopic (exact) mass is 807 g/mol. The van der Waals surface area contributed by atoms with Crippen LogP contribution in [0.25, 0.3) is 65.3 Å². The van der Waals surface area contributed by atoms with Gasteiger partial charge >= 0.3 is 0 Å². The van der Waals surface area contributed by atoms with E-state index >= 15 is 0 Å². The number of primary amides is 1. The van der Waals surface area contributed by atoms with Crippen LogP contribution in [0.2, 0.25) is 0 Å². The molecule has 9 aromatic carbocycles. The number of amides is 2. The number of fused-ring (bicyclic) bond motifs is 8. The van der Waals surface area contributed by atoms with Crippen LogP contribution in [0.3, 0.4) is 0 Å². The molecule has 5 heteroatoms. The fraction of sp³-hybridized carbons (Fsp3) is 0.193. The van der Waals surface area contributed by atoms with Gasteiger partial charge < -0.3 is 16.0 Å². The van der Waals surface area contributed by atoms with Crippen molar-refractivity contribution in [3.8, 4) is 22.3 Å². The van der Waals surface area contributed by atoms with Crippen LogP contribution in [0.5, 0.6) is 0 Å². The van der Waals surface area contributed by atoms with Crippen LogP contribution in [-0.2, 0) is 10.8 Å². The molecule has 0 heterocycles. The average molecular weight is 808 g/mol. The van der Waals surface area contributed by atoms with Crippen LogP contribution in [0.15, 0.2) is 140 Å². The van der Waals surface area contributed by atoms with E-state index in [0.717, 1.165) is 67.6 Å². The largest absolute Gasteiger partial charge is 0.366 e. The molecule has 0 fully saturated rings. The number of rotatable bonds is 8. The molecule has 0 saturated carbocycles. The second kappa shape index (κ2) is 13.5. The van der Waals surface area contributed by atoms with Crippen LogP contribution in [0.1, 0.15) is 97.4 Å². The van der Waals surface area contributed by atoms with Crippen molar-refractivity contribution < 1.29 is 9.59 Å². The Morgan fingerprint density at radius 2 is 1.05 bits per heavy atom. The van der Waals surface area contributed by atoms with Gasteiger partial charge in [-0.25, -0.2) is 0 Å². The van der Waals surface area contributed by atoms with E-state index in [0.29, 0.717) is 16.5 Å². The topological polar surface area (TPSA) is 75.4 Å². The minimum absolute atomic E-state index is 0.0197. The van der Waals surface area contributed by atoms with Gasteiger partial charge in [0, 0.05) is 50.4 Å². The van der Waals surface area contributed by atoms with Gasteiger partial charge in [0.15, 0.2) is 0 Å². The molecule has 0 radical (unpaired) electrons. The zero-order valence-electron chi connectivity index (χ0n) is 36.1. The summed E-state index contributed by atoms with van der Waals surface area (Å²) in [5.41, 5.74) is 20.1. The SMILES string of the molecule is CCC(CC)NC(=O)c1ccc2c3cccc4cc(N(c5ccc6c(c5)C(C)(C)c5ccccc5-6)c5ccc6c(c5)C(C)(C)c5ccccc5-6)cc(c5ccc(C(N)=O)c1c25)c43. The summed E-state index contributed by atoms with van der Waals surface area (Å²) in [6.45, 7) is 13.5. The molecule has 3 N–H and O–H groups in total. The lowest BCUT2D eigenvalue weighted by Gasteiger charge is -2.30. The minimum Gasteiger partial charge on any atom is -0.366 e. The second-order valence-electron chi connectivity index (χ2n) is 18.5. The molecular formula is C57H49N3O2. The van der Waals surface area contributed by atoms with Crippen molar-refractivity contribution in [1.29, 1.82) is 0 Å². The molecule has 62 heavy (non-hydrogen) atoms. The van der Waals surface area contributed by atoms with E-state index in [1.54, 1.807) is 0 Å². The van der Waals surface area contributed by atoms with Crippen LogP contribution in [0, 0.1) is 0 Å². The Balaban J connectivity index is 1.19. The minimum atomic E-state index is -0.558. The highest BCUT2D eigenvalue weighted by Gasteiger charge is 2.38. The molecule has 0 saturated heterocycles. The molecule has 2 aliphatic carbocycles. The van der Waals surface area contributed by atoms with Crippen molar-refractivity contribution in [3.63, 3.8) is 0 Å². The van der Waals surface area contributed by atoms with E-state index in [-0.39, 0.29) is 22.8 Å². The highest BCUT2D eigenvalue weighted by Crippen LogP contribution is 2.54. The van der Waals surface area contributed by atoms with Crippen LogP contribution in [-0.4, -0.2) is 17.9 Å². The summed E-state index contributed by atoms with van der Waals surface area (Å²) in [6, 6.07) is 50.4. The third-order valence-corrected chi connectivity index (χ3v) is 14.4. The number of anilines is 3. The molecule has 2 amide bonds. The van der Waals surface area contributed by atoms with Crippen molar-refractivity contribution >= 4 is 72.0 Å². The van der Waals surface area contributed by atoms with E-state index in [4.69, 9.17) is 5.73 Å². The normalized spacial score (nSPS) is 14.4. The number of nitrogens with one attached hydrogen (secondary N) is 1. The lowest BCUT2D eigenvalue weighted by Crippen LogP contribution is -2.34. The van der Waals surface area contributed by atoms with Gasteiger partial charge in [-0.15, -0.1) is 0 Å². The summed E-state index contributed by atoms with van der Waals surface area (Å²) >= 11 is 0. The molecule has 0 aliphatic heterocycles. The highest BCUT2D eigenvalue weighted by molar-refractivity contribution is 6.36. The molecule has 2 aliphatic rings. The molecular weight excluding hydrogens is 759 g/mol. The summed E-state index contributed by atoms with van der Waals surface area (Å²) in [4.78, 5) is 29.8. The van der Waals surface area contributed by atoms with Gasteiger partial charge in [-0.2, -0.15) is 0 Å². The third kappa shape index (κ3) is 5.27. The van der Waals surface area contributed by atoms with Crippen molar-refractivity contribution in [2.75, 3.05) is 4.90 Å². The summed E-state index contributed by atoms with van der Waals surface area (Å²) in [5.74, 6) is -0.755. The van der Waals surface area contributed by atoms with Gasteiger partial charge in [0.1, 0.15) is 0 Å².